The molecule has 11 heteroatoms. The zero-order valence-corrected chi connectivity index (χ0v) is 22.3. The molecular formula is C28H17ClFN3O4S2. The number of hydrogen-bond donors (Lipinski definition) is 1. The molecule has 0 radical (unpaired) electrons. The van der Waals surface area contributed by atoms with Gasteiger partial charge in [0.1, 0.15) is 17.4 Å². The number of aliphatic hydroxyl groups excluding tert-OH is 1. The standard InChI is InChI=1S/C28H17ClFN3O4S2/c29-18-10-4-1-8-16(18)14-38-28-32-31-27(39-28)33-23(17-9-3-5-11-19(17)30)22(25(35)26(33)36)24(34)21-13-15-7-2-6-12-20(15)37-21/h1-13,23,35H,14H2. The minimum atomic E-state index is -1.28. The Morgan fingerprint density at radius 3 is 2.62 bits per heavy atom. The number of nitrogens with zero attached hydrogens (tertiary/aromatic N) is 3. The van der Waals surface area contributed by atoms with Gasteiger partial charge in [-0.3, -0.25) is 14.5 Å². The Balaban J connectivity index is 1.38. The third kappa shape index (κ3) is 4.60. The van der Waals surface area contributed by atoms with Crippen molar-refractivity contribution in [3.8, 4) is 0 Å². The number of fused-ring (bicyclic) bond motifs is 1. The average molecular weight is 578 g/mol. The lowest BCUT2D eigenvalue weighted by molar-refractivity contribution is -0.117. The number of aromatic nitrogens is 2. The number of carbonyl (C=O) groups excluding carboxylic acids is 2. The molecule has 0 fully saturated rings. The molecule has 0 saturated carbocycles. The molecule has 1 aliphatic rings. The van der Waals surface area contributed by atoms with Crippen LogP contribution >= 0.6 is 34.7 Å². The van der Waals surface area contributed by atoms with E-state index in [1.165, 1.54) is 36.0 Å². The van der Waals surface area contributed by atoms with Gasteiger partial charge >= 0.3 is 0 Å². The van der Waals surface area contributed by atoms with Crippen LogP contribution in [0.5, 0.6) is 0 Å². The van der Waals surface area contributed by atoms with E-state index in [9.17, 15) is 14.7 Å². The normalized spacial score (nSPS) is 15.5. The first-order valence-corrected chi connectivity index (χ1v) is 13.8. The van der Waals surface area contributed by atoms with Gasteiger partial charge in [0.2, 0.25) is 10.9 Å². The summed E-state index contributed by atoms with van der Waals surface area (Å²) in [6, 6.07) is 20.4. The highest BCUT2D eigenvalue weighted by Crippen LogP contribution is 2.45. The van der Waals surface area contributed by atoms with Crippen LogP contribution in [0.1, 0.15) is 27.7 Å². The van der Waals surface area contributed by atoms with Crippen LogP contribution in [0.2, 0.25) is 5.02 Å². The predicted molar refractivity (Wildman–Crippen MR) is 148 cm³/mol. The van der Waals surface area contributed by atoms with Crippen LogP contribution < -0.4 is 4.90 Å². The number of thioether (sulfide) groups is 1. The van der Waals surface area contributed by atoms with Gasteiger partial charge in [-0.25, -0.2) is 4.39 Å². The minimum Gasteiger partial charge on any atom is -0.503 e. The molecule has 0 saturated heterocycles. The maximum Gasteiger partial charge on any atom is 0.296 e. The van der Waals surface area contributed by atoms with Crippen LogP contribution in [0.25, 0.3) is 11.0 Å². The fraction of sp³-hybridized carbons (Fsp3) is 0.0714. The van der Waals surface area contributed by atoms with Crippen molar-refractivity contribution in [2.75, 3.05) is 4.90 Å². The lowest BCUT2D eigenvalue weighted by atomic mass is 9.95. The molecule has 7 nitrogen and oxygen atoms in total. The van der Waals surface area contributed by atoms with E-state index in [2.05, 4.69) is 10.2 Å². The maximum absolute atomic E-state index is 15.1. The first-order chi connectivity index (χ1) is 18.9. The third-order valence-electron chi connectivity index (χ3n) is 6.21. The van der Waals surface area contributed by atoms with Crippen LogP contribution in [0.3, 0.4) is 0 Å². The van der Waals surface area contributed by atoms with E-state index < -0.39 is 29.3 Å². The molecule has 194 valence electrons. The summed E-state index contributed by atoms with van der Waals surface area (Å²) >= 11 is 8.70. The molecule has 39 heavy (non-hydrogen) atoms. The van der Waals surface area contributed by atoms with Crippen LogP contribution in [-0.2, 0) is 10.5 Å². The predicted octanol–water partition coefficient (Wildman–Crippen LogP) is 7.15. The summed E-state index contributed by atoms with van der Waals surface area (Å²) in [5.74, 6) is -2.63. The van der Waals surface area contributed by atoms with Crippen molar-refractivity contribution < 1.29 is 23.5 Å². The Hall–Kier alpha value is -3.99. The summed E-state index contributed by atoms with van der Waals surface area (Å²) in [6.45, 7) is 0. The quantitative estimate of drug-likeness (QED) is 0.125. The summed E-state index contributed by atoms with van der Waals surface area (Å²) in [4.78, 5) is 28.2. The van der Waals surface area contributed by atoms with Crippen molar-refractivity contribution in [1.82, 2.24) is 10.2 Å². The molecule has 3 heterocycles. The first-order valence-electron chi connectivity index (χ1n) is 11.7. The van der Waals surface area contributed by atoms with Crippen molar-refractivity contribution >= 4 is 62.5 Å². The fourth-order valence-electron chi connectivity index (χ4n) is 4.37. The number of amides is 1. The monoisotopic (exact) mass is 577 g/mol. The number of benzene rings is 3. The topological polar surface area (TPSA) is 96.5 Å². The van der Waals surface area contributed by atoms with Gasteiger partial charge in [-0.2, -0.15) is 0 Å². The molecule has 2 aromatic heterocycles. The van der Waals surface area contributed by atoms with Crippen LogP contribution in [0.4, 0.5) is 9.52 Å². The van der Waals surface area contributed by atoms with E-state index in [0.717, 1.165) is 21.8 Å². The van der Waals surface area contributed by atoms with Gasteiger partial charge < -0.3 is 9.52 Å². The van der Waals surface area contributed by atoms with E-state index >= 15 is 4.39 Å². The molecule has 1 N–H and O–H groups in total. The van der Waals surface area contributed by atoms with Gasteiger partial charge in [0.25, 0.3) is 5.91 Å². The minimum absolute atomic E-state index is 0.0230. The summed E-state index contributed by atoms with van der Waals surface area (Å²) < 4.78 is 21.4. The van der Waals surface area contributed by atoms with Gasteiger partial charge in [0.05, 0.1) is 5.57 Å². The van der Waals surface area contributed by atoms with Crippen LogP contribution in [-0.4, -0.2) is 27.0 Å². The van der Waals surface area contributed by atoms with Crippen molar-refractivity contribution in [3.63, 3.8) is 0 Å². The molecule has 0 bridgehead atoms. The highest BCUT2D eigenvalue weighted by molar-refractivity contribution is 8.00. The average Bonchev–Trinajstić information content (AvgIpc) is 3.65. The molecule has 0 spiro atoms. The molecule has 1 unspecified atom stereocenters. The second kappa shape index (κ2) is 10.3. The van der Waals surface area contributed by atoms with E-state index in [1.807, 2.05) is 18.2 Å². The second-order valence-corrected chi connectivity index (χ2v) is 11.2. The molecule has 5 aromatic rings. The van der Waals surface area contributed by atoms with Crippen LogP contribution in [0.15, 0.2) is 99.0 Å². The number of hydrogen-bond acceptors (Lipinski definition) is 8. The summed E-state index contributed by atoms with van der Waals surface area (Å²) in [5, 5.41) is 20.7. The number of aliphatic hydroxyl groups is 1. The van der Waals surface area contributed by atoms with Crippen molar-refractivity contribution in [3.05, 3.63) is 118 Å². The Kier molecular flexibility index (Phi) is 6.68. The number of anilines is 1. The van der Waals surface area contributed by atoms with Gasteiger partial charge in [-0.15, -0.1) is 10.2 Å². The van der Waals surface area contributed by atoms with E-state index in [1.54, 1.807) is 36.4 Å². The molecule has 1 atom stereocenters. The lowest BCUT2D eigenvalue weighted by Crippen LogP contribution is -2.31. The van der Waals surface area contributed by atoms with Crippen molar-refractivity contribution in [2.45, 2.75) is 16.1 Å². The highest BCUT2D eigenvalue weighted by Gasteiger charge is 2.47. The SMILES string of the molecule is O=C(C1=C(O)C(=O)N(c2nnc(SCc3ccccc3Cl)s2)C1c1ccccc1F)c1cc2ccccc2o1. The Morgan fingerprint density at radius 2 is 1.82 bits per heavy atom. The number of Topliss-reactive ketones (excluding diaryl/α,β-unsaturated/α-hetero) is 1. The maximum atomic E-state index is 15.1. The number of para-hydroxylation sites is 1. The summed E-state index contributed by atoms with van der Waals surface area (Å²) in [6.07, 6.45) is 0. The largest absolute Gasteiger partial charge is 0.503 e. The van der Waals surface area contributed by atoms with E-state index in [-0.39, 0.29) is 22.0 Å². The van der Waals surface area contributed by atoms with E-state index in [4.69, 9.17) is 16.0 Å². The third-order valence-corrected chi connectivity index (χ3v) is 8.69. The van der Waals surface area contributed by atoms with Crippen molar-refractivity contribution in [1.29, 1.82) is 0 Å². The summed E-state index contributed by atoms with van der Waals surface area (Å²) in [5.41, 5.74) is 1.09. The van der Waals surface area contributed by atoms with E-state index in [0.29, 0.717) is 26.1 Å². The Labute approximate surface area is 234 Å². The van der Waals surface area contributed by atoms with Gasteiger partial charge in [-0.05, 0) is 29.8 Å². The Morgan fingerprint density at radius 1 is 1.08 bits per heavy atom. The highest BCUT2D eigenvalue weighted by atomic mass is 35.5. The number of rotatable bonds is 7. The van der Waals surface area contributed by atoms with Crippen LogP contribution in [0, 0.1) is 5.82 Å². The molecule has 0 aliphatic carbocycles. The first kappa shape index (κ1) is 25.3. The lowest BCUT2D eigenvalue weighted by Gasteiger charge is -2.24. The molecule has 1 amide bonds. The summed E-state index contributed by atoms with van der Waals surface area (Å²) in [7, 11) is 0. The number of carbonyl (C=O) groups is 2. The second-order valence-electron chi connectivity index (χ2n) is 8.57. The van der Waals surface area contributed by atoms with Gasteiger partial charge in [0, 0.05) is 21.7 Å². The smallest absolute Gasteiger partial charge is 0.296 e. The zero-order valence-electron chi connectivity index (χ0n) is 19.9. The number of ketones is 1. The van der Waals surface area contributed by atoms with Gasteiger partial charge in [-0.1, -0.05) is 89.3 Å². The van der Waals surface area contributed by atoms with Gasteiger partial charge in [0.15, 0.2) is 15.9 Å². The molecule has 6 rings (SSSR count). The van der Waals surface area contributed by atoms with Crippen molar-refractivity contribution in [2.24, 2.45) is 0 Å². The fourth-order valence-corrected chi connectivity index (χ4v) is 6.52. The molecule has 1 aliphatic heterocycles. The molecule has 3 aromatic carbocycles. The Bertz CT molecular complexity index is 1750. The number of furan rings is 1. The zero-order chi connectivity index (χ0) is 27.1. The number of halogens is 2. The molecular weight excluding hydrogens is 561 g/mol.